The number of hydrogen-bond donors (Lipinski definition) is 0. The monoisotopic (exact) mass is 285 g/mol. The third kappa shape index (κ3) is 0.525. The Morgan fingerprint density at radius 3 is 1.90 bits per heavy atom. The first-order valence-corrected chi connectivity index (χ1v) is 8.20. The Labute approximate surface area is 119 Å². The molecule has 9 rings (SSSR count). The summed E-state index contributed by atoms with van der Waals surface area (Å²) in [6.07, 6.45) is 3.22. The quantitative estimate of drug-likeness (QED) is 0.604. The molecule has 6 heteroatoms. The van der Waals surface area contributed by atoms with Crippen molar-refractivity contribution < 1.29 is 4.74 Å². The van der Waals surface area contributed by atoms with Gasteiger partial charge in [-0.1, -0.05) is 0 Å². The van der Waals surface area contributed by atoms with Gasteiger partial charge in [0.1, 0.15) is 0 Å². The highest BCUT2D eigenvalue weighted by atomic mass is 16.6. The van der Waals surface area contributed by atoms with Crippen LogP contribution in [0.25, 0.3) is 0 Å². The van der Waals surface area contributed by atoms with E-state index in [9.17, 15) is 9.59 Å². The number of rotatable bonds is 0. The highest BCUT2D eigenvalue weighted by Gasteiger charge is 3.03. The zero-order valence-electron chi connectivity index (χ0n) is 11.6. The molecule has 1 aromatic heterocycles. The predicted molar refractivity (Wildman–Crippen MR) is 68.7 cm³/mol. The lowest BCUT2D eigenvalue weighted by Gasteiger charge is -3.02. The number of aromatic nitrogens is 3. The molecular formula is C15H15N3O3. The van der Waals surface area contributed by atoms with Crippen molar-refractivity contribution in [2.45, 2.75) is 37.1 Å². The number of ether oxygens (including phenoxy) is 1. The largest absolute Gasteiger partial charge is 0.370 e. The van der Waals surface area contributed by atoms with Crippen LogP contribution in [0.2, 0.25) is 0 Å². The van der Waals surface area contributed by atoms with Crippen LogP contribution >= 0.6 is 0 Å². The fourth-order valence-corrected chi connectivity index (χ4v) is 8.81. The van der Waals surface area contributed by atoms with E-state index in [4.69, 9.17) is 4.74 Å². The van der Waals surface area contributed by atoms with Gasteiger partial charge in [-0.05, 0) is 36.5 Å². The summed E-state index contributed by atoms with van der Waals surface area (Å²) in [5.41, 5.74) is 0.446. The van der Waals surface area contributed by atoms with Crippen LogP contribution in [0, 0.1) is 34.5 Å². The molecule has 3 aliphatic heterocycles. The summed E-state index contributed by atoms with van der Waals surface area (Å²) in [5, 5.41) is 0. The van der Waals surface area contributed by atoms with Crippen LogP contribution < -0.4 is 11.4 Å². The van der Waals surface area contributed by atoms with Gasteiger partial charge in [0.25, 0.3) is 0 Å². The Hall–Kier alpha value is -1.30. The van der Waals surface area contributed by atoms with Crippen molar-refractivity contribution in [2.24, 2.45) is 41.5 Å². The van der Waals surface area contributed by atoms with Gasteiger partial charge >= 0.3 is 11.4 Å². The second-order valence-electron chi connectivity index (χ2n) is 8.61. The Balaban J connectivity index is 1.53. The lowest BCUT2D eigenvalue weighted by Crippen LogP contribution is -3.01. The summed E-state index contributed by atoms with van der Waals surface area (Å²) in [6.45, 7) is 0. The van der Waals surface area contributed by atoms with Gasteiger partial charge in [0, 0.05) is 17.9 Å². The molecule has 0 aromatic carbocycles. The zero-order valence-corrected chi connectivity index (χ0v) is 11.6. The van der Waals surface area contributed by atoms with Gasteiger partial charge in [-0.2, -0.15) is 0 Å². The number of fused-ring (bicyclic) bond motifs is 1. The minimum atomic E-state index is -0.0935. The fraction of sp³-hybridized carbons (Fsp3) is 0.867. The van der Waals surface area contributed by atoms with E-state index in [1.54, 1.807) is 7.05 Å². The van der Waals surface area contributed by atoms with Crippen molar-refractivity contribution in [3.63, 3.8) is 0 Å². The van der Waals surface area contributed by atoms with Crippen LogP contribution in [0.4, 0.5) is 0 Å². The predicted octanol–water partition coefficient (Wildman–Crippen LogP) is -0.503. The minimum Gasteiger partial charge on any atom is -0.370 e. The van der Waals surface area contributed by atoms with Crippen molar-refractivity contribution in [2.75, 3.05) is 0 Å². The highest BCUT2D eigenvalue weighted by molar-refractivity contribution is 5.50. The van der Waals surface area contributed by atoms with Gasteiger partial charge in [-0.25, -0.2) is 23.5 Å². The van der Waals surface area contributed by atoms with Gasteiger partial charge in [-0.3, -0.25) is 0 Å². The lowest BCUT2D eigenvalue weighted by atomic mass is 9.04. The maximum atomic E-state index is 12.6. The molecule has 1 saturated heterocycles. The van der Waals surface area contributed by atoms with E-state index in [0.29, 0.717) is 47.0 Å². The normalized spacial score (nSPS) is 67.5. The second kappa shape index (κ2) is 2.11. The molecule has 10 atom stereocenters. The smallest absolute Gasteiger partial charge is 0.347 e. The van der Waals surface area contributed by atoms with E-state index in [-0.39, 0.29) is 11.4 Å². The van der Waals surface area contributed by atoms with Crippen LogP contribution in [0.3, 0.4) is 0 Å². The van der Waals surface area contributed by atoms with Crippen LogP contribution in [-0.2, 0) is 11.8 Å². The van der Waals surface area contributed by atoms with E-state index in [0.717, 1.165) is 24.7 Å². The average molecular weight is 285 g/mol. The molecular weight excluding hydrogens is 270 g/mol. The number of hydrogen-bond acceptors (Lipinski definition) is 3. The molecule has 0 N–H and O–H groups in total. The van der Waals surface area contributed by atoms with Crippen molar-refractivity contribution in [1.29, 1.82) is 0 Å². The first-order valence-electron chi connectivity index (χ1n) is 8.20. The van der Waals surface area contributed by atoms with Crippen LogP contribution in [0.15, 0.2) is 9.59 Å². The number of nitrogens with zero attached hydrogens (tertiary/aromatic N) is 3. The number of epoxide rings is 1. The summed E-state index contributed by atoms with van der Waals surface area (Å²) in [4.78, 5) is 25.1. The van der Waals surface area contributed by atoms with E-state index in [1.165, 1.54) is 4.57 Å². The summed E-state index contributed by atoms with van der Waals surface area (Å²) in [7, 11) is 1.63. The van der Waals surface area contributed by atoms with E-state index in [2.05, 4.69) is 0 Å². The summed E-state index contributed by atoms with van der Waals surface area (Å²) in [6, 6.07) is 0.600. The molecule has 108 valence electrons. The van der Waals surface area contributed by atoms with Gasteiger partial charge in [0.15, 0.2) is 0 Å². The van der Waals surface area contributed by atoms with Gasteiger partial charge < -0.3 is 4.74 Å². The standard InChI is InChI=1S/C15H15N3O3/c1-16-12(19)17-10-6-7-9-8(6)14(10)2-4-5(21-4)3-15(9,14)11(7)18(17)13(16)20/h4-11H,2-3H2,1H3/t4-,5+,6-,7-,8-,9-,10+,11+,14+,15-/m1/s1. The molecule has 1 aromatic rings. The van der Waals surface area contributed by atoms with Crippen molar-refractivity contribution in [3.05, 3.63) is 21.0 Å². The van der Waals surface area contributed by atoms with Crippen molar-refractivity contribution in [1.82, 2.24) is 13.9 Å². The molecule has 0 radical (unpaired) electrons. The lowest BCUT2D eigenvalue weighted by molar-refractivity contribution is -0.557. The molecule has 5 saturated carbocycles. The summed E-state index contributed by atoms with van der Waals surface area (Å²) < 4.78 is 10.9. The fourth-order valence-electron chi connectivity index (χ4n) is 8.81. The molecule has 2 bridgehead atoms. The maximum absolute atomic E-state index is 12.6. The Morgan fingerprint density at radius 1 is 0.952 bits per heavy atom. The topological polar surface area (TPSA) is 61.5 Å². The summed E-state index contributed by atoms with van der Waals surface area (Å²) in [5.74, 6) is 3.09. The van der Waals surface area contributed by atoms with Gasteiger partial charge in [0.2, 0.25) is 0 Å². The summed E-state index contributed by atoms with van der Waals surface area (Å²) >= 11 is 0. The second-order valence-corrected chi connectivity index (χ2v) is 8.61. The van der Waals surface area contributed by atoms with Crippen LogP contribution in [-0.4, -0.2) is 26.1 Å². The van der Waals surface area contributed by atoms with E-state index >= 15 is 0 Å². The zero-order chi connectivity index (χ0) is 13.6. The molecule has 21 heavy (non-hydrogen) atoms. The molecule has 4 heterocycles. The van der Waals surface area contributed by atoms with Crippen LogP contribution in [0.5, 0.6) is 0 Å². The third-order valence-corrected chi connectivity index (χ3v) is 8.99. The first kappa shape index (κ1) is 9.66. The van der Waals surface area contributed by atoms with E-state index in [1.807, 2.05) is 9.36 Å². The van der Waals surface area contributed by atoms with Crippen molar-refractivity contribution in [3.8, 4) is 0 Å². The molecule has 2 spiro atoms. The molecule has 6 fully saturated rings. The Morgan fingerprint density at radius 2 is 1.43 bits per heavy atom. The third-order valence-electron chi connectivity index (χ3n) is 8.99. The molecule has 8 aliphatic rings. The first-order chi connectivity index (χ1) is 10.1. The highest BCUT2D eigenvalue weighted by Crippen LogP contribution is 3.04. The average Bonchev–Trinajstić information content (AvgIpc) is 3.15. The SMILES string of the molecule is Cn1c(=O)n2n(c1=O)[C@H]1[C@@H]3[C@@H]4[C@@H]5[C@@H]3[C@]13C[C@@H]1O[C@@H]1C[C@@]53[C@H]42. The molecule has 0 unspecified atom stereocenters. The van der Waals surface area contributed by atoms with Gasteiger partial charge in [-0.15, -0.1) is 0 Å². The van der Waals surface area contributed by atoms with Gasteiger partial charge in [0.05, 0.1) is 24.3 Å². The van der Waals surface area contributed by atoms with Crippen molar-refractivity contribution >= 4 is 0 Å². The molecule has 0 amide bonds. The van der Waals surface area contributed by atoms with E-state index < -0.39 is 0 Å². The minimum absolute atomic E-state index is 0.0935. The maximum Gasteiger partial charge on any atom is 0.347 e. The van der Waals surface area contributed by atoms with Crippen LogP contribution in [0.1, 0.15) is 24.9 Å². The molecule has 6 nitrogen and oxygen atoms in total. The Bertz CT molecular complexity index is 854. The Kier molecular flexibility index (Phi) is 0.971. The molecule has 5 aliphatic carbocycles.